The van der Waals surface area contributed by atoms with Crippen LogP contribution in [0.5, 0.6) is 5.75 Å². The normalized spacial score (nSPS) is 9.81. The second-order valence-corrected chi connectivity index (χ2v) is 3.20. The summed E-state index contributed by atoms with van der Waals surface area (Å²) in [5.74, 6) is -0.224. The highest BCUT2D eigenvalue weighted by Crippen LogP contribution is 2.19. The van der Waals surface area contributed by atoms with Crippen molar-refractivity contribution in [3.63, 3.8) is 0 Å². The second-order valence-electron chi connectivity index (χ2n) is 3.20. The van der Waals surface area contributed by atoms with Crippen LogP contribution in [-0.2, 0) is 11.3 Å². The van der Waals surface area contributed by atoms with Crippen LogP contribution in [0.1, 0.15) is 11.1 Å². The summed E-state index contributed by atoms with van der Waals surface area (Å²) in [5, 5.41) is 7.28. The number of benzene rings is 1. The zero-order valence-electron chi connectivity index (χ0n) is 8.69. The topological polar surface area (TPSA) is 128 Å². The quantitative estimate of drug-likeness (QED) is 0.387. The molecule has 0 aromatic heterocycles. The molecule has 0 aliphatic carbocycles. The molecule has 1 amide bonds. The van der Waals surface area contributed by atoms with E-state index >= 15 is 0 Å². The maximum Gasteiger partial charge on any atom is 0.255 e. The fourth-order valence-corrected chi connectivity index (χ4v) is 1.17. The number of nitrogen functional groups attached to an aromatic ring is 1. The molecule has 7 N–H and O–H groups in total. The summed E-state index contributed by atoms with van der Waals surface area (Å²) in [6.07, 6.45) is 0. The van der Waals surface area contributed by atoms with E-state index in [1.807, 2.05) is 0 Å². The number of hydrogen-bond acceptors (Lipinski definition) is 4. The van der Waals surface area contributed by atoms with Crippen LogP contribution in [0.4, 0.5) is 0 Å². The lowest BCUT2D eigenvalue weighted by Gasteiger charge is -2.10. The van der Waals surface area contributed by atoms with Crippen molar-refractivity contribution in [2.75, 3.05) is 6.61 Å². The first kappa shape index (κ1) is 12.0. The number of carbonyl (C=O) groups is 1. The van der Waals surface area contributed by atoms with Crippen LogP contribution in [-0.4, -0.2) is 18.3 Å². The van der Waals surface area contributed by atoms with Gasteiger partial charge in [-0.2, -0.15) is 0 Å². The summed E-state index contributed by atoms with van der Waals surface area (Å²) in [6, 6.07) is 4.93. The van der Waals surface area contributed by atoms with E-state index in [0.717, 1.165) is 5.56 Å². The number of primary amides is 1. The molecule has 0 aliphatic rings. The van der Waals surface area contributed by atoms with Crippen LogP contribution in [0.2, 0.25) is 0 Å². The number of amidine groups is 1. The van der Waals surface area contributed by atoms with E-state index < -0.39 is 5.91 Å². The summed E-state index contributed by atoms with van der Waals surface area (Å²) in [7, 11) is 0. The van der Waals surface area contributed by atoms with Crippen molar-refractivity contribution in [1.82, 2.24) is 0 Å². The van der Waals surface area contributed by atoms with Gasteiger partial charge in [0, 0.05) is 17.7 Å². The maximum atomic E-state index is 10.6. The molecule has 86 valence electrons. The molecule has 0 bridgehead atoms. The first-order valence-corrected chi connectivity index (χ1v) is 4.63. The molecule has 1 aromatic carbocycles. The van der Waals surface area contributed by atoms with Crippen LogP contribution in [0.25, 0.3) is 0 Å². The summed E-state index contributed by atoms with van der Waals surface area (Å²) < 4.78 is 5.17. The van der Waals surface area contributed by atoms with Crippen LogP contribution in [0.15, 0.2) is 18.2 Å². The molecular weight excluding hydrogens is 208 g/mol. The van der Waals surface area contributed by atoms with Gasteiger partial charge in [0.2, 0.25) is 0 Å². The van der Waals surface area contributed by atoms with Crippen LogP contribution in [0, 0.1) is 5.41 Å². The molecule has 16 heavy (non-hydrogen) atoms. The largest absolute Gasteiger partial charge is 0.483 e. The zero-order chi connectivity index (χ0) is 12.1. The molecule has 0 spiro atoms. The minimum Gasteiger partial charge on any atom is -0.483 e. The van der Waals surface area contributed by atoms with E-state index in [1.165, 1.54) is 0 Å². The van der Waals surface area contributed by atoms with Gasteiger partial charge in [-0.15, -0.1) is 0 Å². The van der Waals surface area contributed by atoms with Gasteiger partial charge in [0.15, 0.2) is 6.61 Å². The summed E-state index contributed by atoms with van der Waals surface area (Å²) >= 11 is 0. The highest BCUT2D eigenvalue weighted by atomic mass is 16.5. The van der Waals surface area contributed by atoms with Crippen LogP contribution < -0.4 is 21.9 Å². The van der Waals surface area contributed by atoms with Crippen molar-refractivity contribution in [3.05, 3.63) is 29.3 Å². The Morgan fingerprint density at radius 1 is 1.38 bits per heavy atom. The third kappa shape index (κ3) is 2.96. The lowest BCUT2D eigenvalue weighted by Crippen LogP contribution is -2.21. The molecular formula is C10H14N4O2. The molecule has 6 heteroatoms. The minimum atomic E-state index is -0.573. The number of rotatable bonds is 5. The average molecular weight is 222 g/mol. The Balaban J connectivity index is 2.97. The van der Waals surface area contributed by atoms with Crippen LogP contribution in [0.3, 0.4) is 0 Å². The van der Waals surface area contributed by atoms with Crippen molar-refractivity contribution in [2.45, 2.75) is 6.54 Å². The number of carbonyl (C=O) groups excluding carboxylic acids is 1. The van der Waals surface area contributed by atoms with Gasteiger partial charge in [-0.1, -0.05) is 12.1 Å². The van der Waals surface area contributed by atoms with Gasteiger partial charge in [-0.25, -0.2) is 0 Å². The highest BCUT2D eigenvalue weighted by Gasteiger charge is 2.06. The number of amides is 1. The Bertz CT molecular complexity index is 417. The predicted molar refractivity (Wildman–Crippen MR) is 60.0 cm³/mol. The lowest BCUT2D eigenvalue weighted by atomic mass is 10.1. The Hall–Kier alpha value is -2.08. The van der Waals surface area contributed by atoms with E-state index in [0.29, 0.717) is 11.3 Å². The van der Waals surface area contributed by atoms with Gasteiger partial charge in [0.05, 0.1) is 0 Å². The SMILES string of the molecule is N=C(N)c1ccc(CN)c(OCC(N)=O)c1. The Morgan fingerprint density at radius 2 is 2.06 bits per heavy atom. The molecule has 0 saturated heterocycles. The minimum absolute atomic E-state index is 0.0764. The summed E-state index contributed by atoms with van der Waals surface area (Å²) in [6.45, 7) is 0.0423. The third-order valence-corrected chi connectivity index (χ3v) is 1.97. The number of nitrogens with two attached hydrogens (primary N) is 3. The summed E-state index contributed by atoms with van der Waals surface area (Å²) in [4.78, 5) is 10.6. The van der Waals surface area contributed by atoms with E-state index in [4.69, 9.17) is 27.3 Å². The molecule has 0 fully saturated rings. The van der Waals surface area contributed by atoms with Crippen molar-refractivity contribution < 1.29 is 9.53 Å². The lowest BCUT2D eigenvalue weighted by molar-refractivity contribution is -0.119. The van der Waals surface area contributed by atoms with Crippen molar-refractivity contribution in [1.29, 1.82) is 5.41 Å². The molecule has 1 aromatic rings. The molecule has 0 aliphatic heterocycles. The molecule has 1 rings (SSSR count). The Morgan fingerprint density at radius 3 is 2.56 bits per heavy atom. The third-order valence-electron chi connectivity index (χ3n) is 1.97. The smallest absolute Gasteiger partial charge is 0.255 e. The molecule has 0 radical (unpaired) electrons. The van der Waals surface area contributed by atoms with E-state index in [2.05, 4.69) is 0 Å². The average Bonchev–Trinajstić information content (AvgIpc) is 2.25. The standard InChI is InChI=1S/C10H14N4O2/c11-4-7-2-1-6(10(13)14)3-8(7)16-5-9(12)15/h1-3H,4-5,11H2,(H2,12,15)(H3,13,14). The molecule has 0 saturated carbocycles. The van der Waals surface area contributed by atoms with Gasteiger partial charge in [0.1, 0.15) is 11.6 Å². The van der Waals surface area contributed by atoms with Gasteiger partial charge in [0.25, 0.3) is 5.91 Å². The van der Waals surface area contributed by atoms with Crippen LogP contribution >= 0.6 is 0 Å². The van der Waals surface area contributed by atoms with E-state index in [-0.39, 0.29) is 19.0 Å². The van der Waals surface area contributed by atoms with Crippen molar-refractivity contribution in [3.8, 4) is 5.75 Å². The van der Waals surface area contributed by atoms with Gasteiger partial charge < -0.3 is 21.9 Å². The second kappa shape index (κ2) is 5.13. The van der Waals surface area contributed by atoms with Crippen molar-refractivity contribution >= 4 is 11.7 Å². The van der Waals surface area contributed by atoms with Gasteiger partial charge in [-0.05, 0) is 6.07 Å². The monoisotopic (exact) mass is 222 g/mol. The van der Waals surface area contributed by atoms with Gasteiger partial charge in [-0.3, -0.25) is 10.2 Å². The zero-order valence-corrected chi connectivity index (χ0v) is 8.69. The Labute approximate surface area is 92.9 Å². The number of hydrogen-bond donors (Lipinski definition) is 4. The molecule has 0 heterocycles. The Kier molecular flexibility index (Phi) is 3.84. The van der Waals surface area contributed by atoms with E-state index in [1.54, 1.807) is 18.2 Å². The molecule has 6 nitrogen and oxygen atoms in total. The maximum absolute atomic E-state index is 10.6. The fourth-order valence-electron chi connectivity index (χ4n) is 1.17. The fraction of sp³-hybridized carbons (Fsp3) is 0.200. The van der Waals surface area contributed by atoms with Crippen molar-refractivity contribution in [2.24, 2.45) is 17.2 Å². The number of ether oxygens (including phenoxy) is 1. The summed E-state index contributed by atoms with van der Waals surface area (Å²) in [5.41, 5.74) is 17.0. The number of nitrogens with one attached hydrogen (secondary N) is 1. The predicted octanol–water partition coefficient (Wildman–Crippen LogP) is -0.707. The first-order valence-electron chi connectivity index (χ1n) is 4.63. The first-order chi connectivity index (χ1) is 7.54. The van der Waals surface area contributed by atoms with Gasteiger partial charge >= 0.3 is 0 Å². The molecule has 0 unspecified atom stereocenters. The highest BCUT2D eigenvalue weighted by molar-refractivity contribution is 5.95. The molecule has 0 atom stereocenters. The van der Waals surface area contributed by atoms with E-state index in [9.17, 15) is 4.79 Å².